The van der Waals surface area contributed by atoms with E-state index in [0.29, 0.717) is 30.9 Å². The van der Waals surface area contributed by atoms with Crippen LogP contribution in [0.15, 0.2) is 4.42 Å². The molecule has 0 aromatic carbocycles. The van der Waals surface area contributed by atoms with E-state index >= 15 is 0 Å². The lowest BCUT2D eigenvalue weighted by Gasteiger charge is -2.24. The average Bonchev–Trinajstić information content (AvgIpc) is 2.95. The molecule has 7 heteroatoms. The van der Waals surface area contributed by atoms with Gasteiger partial charge in [0.1, 0.15) is 0 Å². The Bertz CT molecular complexity index is 435. The first-order chi connectivity index (χ1) is 9.95. The first kappa shape index (κ1) is 16.2. The van der Waals surface area contributed by atoms with Crippen molar-refractivity contribution in [2.45, 2.75) is 39.0 Å². The average molecular weight is 297 g/mol. The third kappa shape index (κ3) is 4.66. The molecule has 0 saturated carbocycles. The molecule has 1 saturated heterocycles. The number of rotatable bonds is 7. The van der Waals surface area contributed by atoms with Gasteiger partial charge in [0.15, 0.2) is 0 Å². The lowest BCUT2D eigenvalue weighted by molar-refractivity contribution is 0.191. The Morgan fingerprint density at radius 2 is 2.19 bits per heavy atom. The first-order valence-electron chi connectivity index (χ1n) is 7.58. The highest BCUT2D eigenvalue weighted by Gasteiger charge is 2.34. The number of β-amino-alcohol motifs (C(OH)–C–C–N with tert-alkyl or cyclic N) is 1. The number of likely N-dealkylation sites (N-methyl/N-ethyl adjacent to an activating group) is 1. The van der Waals surface area contributed by atoms with E-state index in [9.17, 15) is 5.11 Å². The van der Waals surface area contributed by atoms with Gasteiger partial charge in [-0.2, -0.15) is 0 Å². The first-order valence-corrected chi connectivity index (χ1v) is 7.58. The Morgan fingerprint density at radius 3 is 2.86 bits per heavy atom. The SMILES string of the molecule is CC(C)CNCc1nnc(N2CC(O)CC2CN(C)C)o1. The molecule has 7 nitrogen and oxygen atoms in total. The van der Waals surface area contributed by atoms with Crippen molar-refractivity contribution in [3.05, 3.63) is 5.89 Å². The van der Waals surface area contributed by atoms with E-state index in [1.807, 2.05) is 19.0 Å². The molecule has 2 rings (SSSR count). The van der Waals surface area contributed by atoms with Gasteiger partial charge >= 0.3 is 6.01 Å². The summed E-state index contributed by atoms with van der Waals surface area (Å²) in [6.07, 6.45) is 0.408. The summed E-state index contributed by atoms with van der Waals surface area (Å²) in [7, 11) is 4.05. The molecule has 2 unspecified atom stereocenters. The smallest absolute Gasteiger partial charge is 0.318 e. The molecule has 2 N–H and O–H groups in total. The van der Waals surface area contributed by atoms with Gasteiger partial charge in [0.2, 0.25) is 5.89 Å². The molecular formula is C14H27N5O2. The zero-order valence-electron chi connectivity index (χ0n) is 13.4. The van der Waals surface area contributed by atoms with Crippen molar-refractivity contribution >= 4 is 6.01 Å². The molecule has 1 fully saturated rings. The van der Waals surface area contributed by atoms with Crippen molar-refractivity contribution in [2.24, 2.45) is 5.92 Å². The summed E-state index contributed by atoms with van der Waals surface area (Å²) in [4.78, 5) is 4.13. The van der Waals surface area contributed by atoms with Crippen LogP contribution < -0.4 is 10.2 Å². The maximum absolute atomic E-state index is 9.89. The number of nitrogens with zero attached hydrogens (tertiary/aromatic N) is 4. The van der Waals surface area contributed by atoms with Crippen molar-refractivity contribution in [3.8, 4) is 0 Å². The van der Waals surface area contributed by atoms with E-state index in [2.05, 4.69) is 34.3 Å². The van der Waals surface area contributed by atoms with Gasteiger partial charge in [-0.1, -0.05) is 18.9 Å². The third-order valence-corrected chi connectivity index (χ3v) is 3.50. The zero-order chi connectivity index (χ0) is 15.4. The van der Waals surface area contributed by atoms with Gasteiger partial charge < -0.3 is 24.6 Å². The fourth-order valence-corrected chi connectivity index (χ4v) is 2.62. The van der Waals surface area contributed by atoms with Crippen LogP contribution in [0.2, 0.25) is 0 Å². The van der Waals surface area contributed by atoms with Crippen LogP contribution in [-0.4, -0.2) is 66.1 Å². The molecule has 120 valence electrons. The number of hydrogen-bond donors (Lipinski definition) is 2. The normalized spacial score (nSPS) is 22.7. The number of aromatic nitrogens is 2. The van der Waals surface area contributed by atoms with Crippen molar-refractivity contribution in [1.82, 2.24) is 20.4 Å². The second-order valence-electron chi connectivity index (χ2n) is 6.46. The molecule has 1 aliphatic rings. The molecule has 0 aliphatic carbocycles. The summed E-state index contributed by atoms with van der Waals surface area (Å²) < 4.78 is 5.72. The number of hydrogen-bond acceptors (Lipinski definition) is 7. The lowest BCUT2D eigenvalue weighted by atomic mass is 10.2. The molecule has 1 aromatic heterocycles. The molecule has 0 amide bonds. The Hall–Kier alpha value is -1.18. The second-order valence-corrected chi connectivity index (χ2v) is 6.46. The maximum Gasteiger partial charge on any atom is 0.318 e. The highest BCUT2D eigenvalue weighted by molar-refractivity contribution is 5.30. The fourth-order valence-electron chi connectivity index (χ4n) is 2.62. The predicted molar refractivity (Wildman–Crippen MR) is 81.2 cm³/mol. The van der Waals surface area contributed by atoms with Gasteiger partial charge in [0, 0.05) is 19.1 Å². The third-order valence-electron chi connectivity index (χ3n) is 3.50. The minimum absolute atomic E-state index is 0.215. The van der Waals surface area contributed by atoms with Crippen LogP contribution in [0, 0.1) is 5.92 Å². The fraction of sp³-hybridized carbons (Fsp3) is 0.857. The van der Waals surface area contributed by atoms with Gasteiger partial charge in [0.05, 0.1) is 12.6 Å². The molecule has 1 aliphatic heterocycles. The number of aliphatic hydroxyl groups excluding tert-OH is 1. The van der Waals surface area contributed by atoms with E-state index in [0.717, 1.165) is 19.5 Å². The molecule has 0 radical (unpaired) electrons. The Morgan fingerprint density at radius 1 is 1.43 bits per heavy atom. The van der Waals surface area contributed by atoms with E-state index < -0.39 is 0 Å². The summed E-state index contributed by atoms with van der Waals surface area (Å²) in [6.45, 7) is 7.23. The summed E-state index contributed by atoms with van der Waals surface area (Å²) >= 11 is 0. The summed E-state index contributed by atoms with van der Waals surface area (Å²) in [5.41, 5.74) is 0. The van der Waals surface area contributed by atoms with E-state index in [1.54, 1.807) is 0 Å². The summed E-state index contributed by atoms with van der Waals surface area (Å²) in [5.74, 6) is 1.18. The summed E-state index contributed by atoms with van der Waals surface area (Å²) in [5, 5.41) is 21.4. The van der Waals surface area contributed by atoms with Crippen molar-refractivity contribution in [2.75, 3.05) is 38.6 Å². The van der Waals surface area contributed by atoms with E-state index in [-0.39, 0.29) is 12.1 Å². The standard InChI is InChI=1S/C14H27N5O2/c1-10(2)6-15-7-13-16-17-14(21-13)19-9-12(20)5-11(19)8-18(3)4/h10-12,15,20H,5-9H2,1-4H3. The Labute approximate surface area is 126 Å². The van der Waals surface area contributed by atoms with Crippen LogP contribution in [0.3, 0.4) is 0 Å². The molecule has 2 atom stereocenters. The highest BCUT2D eigenvalue weighted by atomic mass is 16.4. The lowest BCUT2D eigenvalue weighted by Crippen LogP contribution is -2.37. The minimum atomic E-state index is -0.329. The van der Waals surface area contributed by atoms with Gasteiger partial charge in [-0.25, -0.2) is 0 Å². The molecular weight excluding hydrogens is 270 g/mol. The highest BCUT2D eigenvalue weighted by Crippen LogP contribution is 2.25. The molecule has 0 bridgehead atoms. The topological polar surface area (TPSA) is 77.7 Å². The van der Waals surface area contributed by atoms with Crippen LogP contribution in [0.25, 0.3) is 0 Å². The van der Waals surface area contributed by atoms with E-state index in [4.69, 9.17) is 4.42 Å². The van der Waals surface area contributed by atoms with Crippen LogP contribution in [-0.2, 0) is 6.54 Å². The Kier molecular flexibility index (Phi) is 5.55. The zero-order valence-corrected chi connectivity index (χ0v) is 13.4. The molecule has 1 aromatic rings. The van der Waals surface area contributed by atoms with Crippen molar-refractivity contribution < 1.29 is 9.52 Å². The monoisotopic (exact) mass is 297 g/mol. The predicted octanol–water partition coefficient (Wildman–Crippen LogP) is 0.316. The van der Waals surface area contributed by atoms with Crippen LogP contribution in [0.1, 0.15) is 26.2 Å². The van der Waals surface area contributed by atoms with Crippen LogP contribution in [0.5, 0.6) is 0 Å². The Balaban J connectivity index is 1.95. The van der Waals surface area contributed by atoms with Gasteiger partial charge in [-0.15, -0.1) is 5.10 Å². The number of nitrogens with one attached hydrogen (secondary N) is 1. The second kappa shape index (κ2) is 7.20. The van der Waals surface area contributed by atoms with Gasteiger partial charge in [0.25, 0.3) is 0 Å². The van der Waals surface area contributed by atoms with Crippen LogP contribution in [0.4, 0.5) is 6.01 Å². The van der Waals surface area contributed by atoms with Crippen molar-refractivity contribution in [3.63, 3.8) is 0 Å². The van der Waals surface area contributed by atoms with E-state index in [1.165, 1.54) is 0 Å². The van der Waals surface area contributed by atoms with Crippen LogP contribution >= 0.6 is 0 Å². The number of aliphatic hydroxyl groups is 1. The molecule has 21 heavy (non-hydrogen) atoms. The number of anilines is 1. The molecule has 2 heterocycles. The molecule has 0 spiro atoms. The minimum Gasteiger partial charge on any atom is -0.407 e. The maximum atomic E-state index is 9.89. The van der Waals surface area contributed by atoms with Gasteiger partial charge in [-0.05, 0) is 33.0 Å². The quantitative estimate of drug-likeness (QED) is 0.750. The van der Waals surface area contributed by atoms with Gasteiger partial charge in [-0.3, -0.25) is 0 Å². The van der Waals surface area contributed by atoms with Crippen molar-refractivity contribution in [1.29, 1.82) is 0 Å². The largest absolute Gasteiger partial charge is 0.407 e. The summed E-state index contributed by atoms with van der Waals surface area (Å²) in [6, 6.07) is 0.728.